The van der Waals surface area contributed by atoms with Gasteiger partial charge in [0.2, 0.25) is 0 Å². The minimum Gasteiger partial charge on any atom is -0.508 e. The topological polar surface area (TPSA) is 52.6 Å². The van der Waals surface area contributed by atoms with Gasteiger partial charge >= 0.3 is 6.03 Å². The number of phenolic OH excluding ortho intramolecular Hbond substituents is 1. The molecule has 0 aliphatic rings. The van der Waals surface area contributed by atoms with Crippen LogP contribution in [0.1, 0.15) is 23.6 Å². The van der Waals surface area contributed by atoms with Crippen LogP contribution in [-0.4, -0.2) is 23.1 Å². The number of hydrogen-bond donors (Lipinski definition) is 2. The standard InChI is InChI=1S/C18H22N2O2/c1-4-15-7-5-6-13(2)17(15)19-18(22)20(3)12-14-8-10-16(21)11-9-14/h5-11,21H,4,12H2,1-3H3,(H,19,22). The molecule has 0 saturated heterocycles. The first-order valence-corrected chi connectivity index (χ1v) is 7.39. The predicted octanol–water partition coefficient (Wildman–Crippen LogP) is 3.93. The lowest BCUT2D eigenvalue weighted by molar-refractivity contribution is 0.220. The molecule has 4 heteroatoms. The molecule has 0 radical (unpaired) electrons. The average molecular weight is 298 g/mol. The average Bonchev–Trinajstić information content (AvgIpc) is 2.51. The molecule has 0 aromatic heterocycles. The molecule has 0 aliphatic carbocycles. The second-order valence-electron chi connectivity index (χ2n) is 5.42. The van der Waals surface area contributed by atoms with E-state index in [2.05, 4.69) is 12.2 Å². The Balaban J connectivity index is 2.07. The number of aromatic hydroxyl groups is 1. The van der Waals surface area contributed by atoms with E-state index in [-0.39, 0.29) is 11.8 Å². The van der Waals surface area contributed by atoms with Gasteiger partial charge in [0.1, 0.15) is 5.75 Å². The van der Waals surface area contributed by atoms with Gasteiger partial charge < -0.3 is 15.3 Å². The van der Waals surface area contributed by atoms with E-state index in [0.29, 0.717) is 6.54 Å². The van der Waals surface area contributed by atoms with Crippen molar-refractivity contribution in [1.82, 2.24) is 4.90 Å². The Kier molecular flexibility index (Phi) is 5.04. The number of anilines is 1. The molecule has 0 aliphatic heterocycles. The Labute approximate surface area is 131 Å². The van der Waals surface area contributed by atoms with Gasteiger partial charge in [0.15, 0.2) is 0 Å². The van der Waals surface area contributed by atoms with Crippen LogP contribution >= 0.6 is 0 Å². The van der Waals surface area contributed by atoms with Crippen molar-refractivity contribution in [2.24, 2.45) is 0 Å². The molecule has 0 atom stereocenters. The molecule has 0 bridgehead atoms. The highest BCUT2D eigenvalue weighted by Gasteiger charge is 2.12. The van der Waals surface area contributed by atoms with Gasteiger partial charge in [0, 0.05) is 19.3 Å². The number of amides is 2. The van der Waals surface area contributed by atoms with Gasteiger partial charge in [-0.1, -0.05) is 37.3 Å². The van der Waals surface area contributed by atoms with Crippen molar-refractivity contribution in [2.45, 2.75) is 26.8 Å². The van der Waals surface area contributed by atoms with Crippen molar-refractivity contribution in [2.75, 3.05) is 12.4 Å². The summed E-state index contributed by atoms with van der Waals surface area (Å²) in [5.41, 5.74) is 4.06. The summed E-state index contributed by atoms with van der Waals surface area (Å²) < 4.78 is 0. The third-order valence-corrected chi connectivity index (χ3v) is 3.67. The SMILES string of the molecule is CCc1cccc(C)c1NC(=O)N(C)Cc1ccc(O)cc1. The number of nitrogens with one attached hydrogen (secondary N) is 1. The first-order valence-electron chi connectivity index (χ1n) is 7.39. The van der Waals surface area contributed by atoms with Crippen LogP contribution < -0.4 is 5.32 Å². The highest BCUT2D eigenvalue weighted by Crippen LogP contribution is 2.21. The first-order chi connectivity index (χ1) is 10.5. The van der Waals surface area contributed by atoms with Crippen LogP contribution in [0.2, 0.25) is 0 Å². The molecule has 0 heterocycles. The molecule has 0 saturated carbocycles. The van der Waals surface area contributed by atoms with E-state index >= 15 is 0 Å². The molecule has 0 fully saturated rings. The van der Waals surface area contributed by atoms with Crippen molar-refractivity contribution in [3.05, 3.63) is 59.2 Å². The quantitative estimate of drug-likeness (QED) is 0.898. The zero-order valence-corrected chi connectivity index (χ0v) is 13.3. The highest BCUT2D eigenvalue weighted by atomic mass is 16.3. The summed E-state index contributed by atoms with van der Waals surface area (Å²) in [4.78, 5) is 14.0. The number of rotatable bonds is 4. The third kappa shape index (κ3) is 3.79. The lowest BCUT2D eigenvalue weighted by Crippen LogP contribution is -2.31. The lowest BCUT2D eigenvalue weighted by atomic mass is 10.1. The van der Waals surface area contributed by atoms with Crippen LogP contribution in [-0.2, 0) is 13.0 Å². The number of para-hydroxylation sites is 1. The normalized spacial score (nSPS) is 10.3. The van der Waals surface area contributed by atoms with Crippen LogP contribution in [0.3, 0.4) is 0 Å². The molecule has 2 N–H and O–H groups in total. The van der Waals surface area contributed by atoms with Crippen molar-refractivity contribution < 1.29 is 9.90 Å². The maximum atomic E-state index is 12.4. The van der Waals surface area contributed by atoms with E-state index in [1.165, 1.54) is 0 Å². The number of carbonyl (C=O) groups excluding carboxylic acids is 1. The molecular formula is C18H22N2O2. The number of nitrogens with zero attached hydrogens (tertiary/aromatic N) is 1. The molecule has 4 nitrogen and oxygen atoms in total. The Bertz CT molecular complexity index is 651. The molecule has 2 aromatic carbocycles. The summed E-state index contributed by atoms with van der Waals surface area (Å²) in [6.45, 7) is 4.55. The van der Waals surface area contributed by atoms with Gasteiger partial charge in [-0.05, 0) is 42.2 Å². The summed E-state index contributed by atoms with van der Waals surface area (Å²) >= 11 is 0. The fraction of sp³-hybridized carbons (Fsp3) is 0.278. The summed E-state index contributed by atoms with van der Waals surface area (Å²) in [5.74, 6) is 0.225. The van der Waals surface area contributed by atoms with Crippen LogP contribution in [0.15, 0.2) is 42.5 Å². The predicted molar refractivity (Wildman–Crippen MR) is 89.1 cm³/mol. The lowest BCUT2D eigenvalue weighted by Gasteiger charge is -2.20. The second kappa shape index (κ2) is 6.98. The Hall–Kier alpha value is -2.49. The minimum atomic E-state index is -0.142. The van der Waals surface area contributed by atoms with E-state index < -0.39 is 0 Å². The van der Waals surface area contributed by atoms with E-state index in [0.717, 1.165) is 28.8 Å². The number of carbonyl (C=O) groups is 1. The van der Waals surface area contributed by atoms with Crippen LogP contribution in [0.25, 0.3) is 0 Å². The summed E-state index contributed by atoms with van der Waals surface area (Å²) in [6, 6.07) is 12.8. The van der Waals surface area contributed by atoms with Gasteiger partial charge in [-0.3, -0.25) is 0 Å². The molecular weight excluding hydrogens is 276 g/mol. The van der Waals surface area contributed by atoms with Crippen molar-refractivity contribution in [3.63, 3.8) is 0 Å². The minimum absolute atomic E-state index is 0.142. The Morgan fingerprint density at radius 1 is 1.18 bits per heavy atom. The maximum Gasteiger partial charge on any atom is 0.321 e. The number of hydrogen-bond acceptors (Lipinski definition) is 2. The van der Waals surface area contributed by atoms with Crippen molar-refractivity contribution >= 4 is 11.7 Å². The van der Waals surface area contributed by atoms with E-state index in [4.69, 9.17) is 0 Å². The second-order valence-corrected chi connectivity index (χ2v) is 5.42. The molecule has 0 unspecified atom stereocenters. The zero-order chi connectivity index (χ0) is 16.1. The molecule has 2 amide bonds. The summed E-state index contributed by atoms with van der Waals surface area (Å²) in [5, 5.41) is 12.3. The monoisotopic (exact) mass is 298 g/mol. The fourth-order valence-corrected chi connectivity index (χ4v) is 2.35. The highest BCUT2D eigenvalue weighted by molar-refractivity contribution is 5.90. The van der Waals surface area contributed by atoms with E-state index in [1.807, 2.05) is 37.3 Å². The largest absolute Gasteiger partial charge is 0.508 e. The van der Waals surface area contributed by atoms with Crippen LogP contribution in [0, 0.1) is 6.92 Å². The first kappa shape index (κ1) is 15.9. The van der Waals surface area contributed by atoms with Gasteiger partial charge in [-0.15, -0.1) is 0 Å². The fourth-order valence-electron chi connectivity index (χ4n) is 2.35. The Morgan fingerprint density at radius 3 is 2.50 bits per heavy atom. The third-order valence-electron chi connectivity index (χ3n) is 3.67. The van der Waals surface area contributed by atoms with Gasteiger partial charge in [0.05, 0.1) is 0 Å². The Morgan fingerprint density at radius 2 is 1.86 bits per heavy atom. The smallest absolute Gasteiger partial charge is 0.321 e. The number of urea groups is 1. The number of aryl methyl sites for hydroxylation is 2. The van der Waals surface area contributed by atoms with Crippen molar-refractivity contribution in [3.8, 4) is 5.75 Å². The summed E-state index contributed by atoms with van der Waals surface area (Å²) in [7, 11) is 1.76. The van der Waals surface area contributed by atoms with Gasteiger partial charge in [-0.25, -0.2) is 4.79 Å². The van der Waals surface area contributed by atoms with Crippen LogP contribution in [0.5, 0.6) is 5.75 Å². The van der Waals surface area contributed by atoms with Gasteiger partial charge in [0.25, 0.3) is 0 Å². The molecule has 0 spiro atoms. The zero-order valence-electron chi connectivity index (χ0n) is 13.3. The van der Waals surface area contributed by atoms with E-state index in [1.54, 1.807) is 24.1 Å². The van der Waals surface area contributed by atoms with Gasteiger partial charge in [-0.2, -0.15) is 0 Å². The molecule has 2 rings (SSSR count). The number of phenols is 1. The maximum absolute atomic E-state index is 12.4. The van der Waals surface area contributed by atoms with Crippen molar-refractivity contribution in [1.29, 1.82) is 0 Å². The molecule has 22 heavy (non-hydrogen) atoms. The molecule has 116 valence electrons. The van der Waals surface area contributed by atoms with Crippen LogP contribution in [0.4, 0.5) is 10.5 Å². The molecule has 2 aromatic rings. The van der Waals surface area contributed by atoms with E-state index in [9.17, 15) is 9.90 Å². The summed E-state index contributed by atoms with van der Waals surface area (Å²) in [6.07, 6.45) is 0.874. The number of benzene rings is 2.